The van der Waals surface area contributed by atoms with Gasteiger partial charge in [-0.25, -0.2) is 18.7 Å². The number of hydrogen-bond donors (Lipinski definition) is 3. The number of amides is 1. The molecule has 4 heterocycles. The Kier molecular flexibility index (Phi) is 4.39. The average molecular weight is 468 g/mol. The van der Waals surface area contributed by atoms with Crippen molar-refractivity contribution in [3.05, 3.63) is 35.4 Å². The molecule has 11 heteroatoms. The smallest absolute Gasteiger partial charge is 0.408 e. The summed E-state index contributed by atoms with van der Waals surface area (Å²) in [5.41, 5.74) is 3.66. The lowest BCUT2D eigenvalue weighted by Gasteiger charge is -2.61. The first kappa shape index (κ1) is 20.2. The summed E-state index contributed by atoms with van der Waals surface area (Å²) in [4.78, 5) is 16.7. The van der Waals surface area contributed by atoms with Crippen LogP contribution in [-0.2, 0) is 22.3 Å². The zero-order valence-electron chi connectivity index (χ0n) is 18.6. The van der Waals surface area contributed by atoms with Gasteiger partial charge in [-0.05, 0) is 50.9 Å². The third-order valence-electron chi connectivity index (χ3n) is 7.72. The second kappa shape index (κ2) is 7.39. The highest BCUT2D eigenvalue weighted by Gasteiger charge is 2.58. The van der Waals surface area contributed by atoms with Crippen molar-refractivity contribution in [3.8, 4) is 0 Å². The normalized spacial score (nSPS) is 31.4. The number of nitrogens with zero attached hydrogens (tertiary/aromatic N) is 4. The topological polar surface area (TPSA) is 118 Å². The van der Waals surface area contributed by atoms with Crippen LogP contribution in [0.25, 0.3) is 5.52 Å². The summed E-state index contributed by atoms with van der Waals surface area (Å²) in [5, 5.41) is 18.0. The van der Waals surface area contributed by atoms with Crippen molar-refractivity contribution in [1.29, 1.82) is 0 Å². The van der Waals surface area contributed by atoms with Crippen molar-refractivity contribution in [3.63, 3.8) is 0 Å². The number of carbonyl (C=O) groups is 1. The van der Waals surface area contributed by atoms with Crippen molar-refractivity contribution in [1.82, 2.24) is 30.1 Å². The Morgan fingerprint density at radius 1 is 1.29 bits per heavy atom. The van der Waals surface area contributed by atoms with Crippen LogP contribution in [0, 0.1) is 5.92 Å². The SMILES string of the molecule is O=C(NC12CC(C1)C2)O[C@@H]1CO[C@H](c2cc(Nc3nccn4nc5c(c34)CCCC5)n[nH]2)[C@@H]1F. The molecule has 178 valence electrons. The van der Waals surface area contributed by atoms with Gasteiger partial charge in [-0.15, -0.1) is 0 Å². The number of anilines is 2. The van der Waals surface area contributed by atoms with Crippen LogP contribution in [0.2, 0.25) is 0 Å². The van der Waals surface area contributed by atoms with E-state index in [0.29, 0.717) is 17.3 Å². The summed E-state index contributed by atoms with van der Waals surface area (Å²) in [6.07, 6.45) is 6.87. The molecule has 3 aromatic rings. The lowest BCUT2D eigenvalue weighted by molar-refractivity contribution is -0.0528. The first-order chi connectivity index (χ1) is 16.6. The molecule has 3 saturated carbocycles. The van der Waals surface area contributed by atoms with Gasteiger partial charge in [0.2, 0.25) is 0 Å². The Labute approximate surface area is 194 Å². The van der Waals surface area contributed by atoms with E-state index in [1.54, 1.807) is 12.3 Å². The standard InChI is InChI=1S/C23H26FN7O3/c24-18-16(34-22(32)27-23-8-12(9-23)10-23)11-33-20(18)15-7-17(29-28-15)26-21-19-13-3-1-2-4-14(13)30-31(19)6-5-25-21/h5-7,12,16,18,20H,1-4,8-11H2,(H,27,32)(H2,25,26,28,29)/t12?,16-,18-,20-,23?/m1/s1. The lowest BCUT2D eigenvalue weighted by Crippen LogP contribution is -2.68. The third kappa shape index (κ3) is 3.17. The largest absolute Gasteiger partial charge is 0.441 e. The number of nitrogens with one attached hydrogen (secondary N) is 3. The summed E-state index contributed by atoms with van der Waals surface area (Å²) >= 11 is 0. The van der Waals surface area contributed by atoms with E-state index < -0.39 is 24.5 Å². The molecule has 0 spiro atoms. The predicted molar refractivity (Wildman–Crippen MR) is 119 cm³/mol. The van der Waals surface area contributed by atoms with E-state index in [1.807, 2.05) is 10.7 Å². The van der Waals surface area contributed by atoms with Gasteiger partial charge in [-0.1, -0.05) is 0 Å². The maximum Gasteiger partial charge on any atom is 0.408 e. The number of ether oxygens (including phenoxy) is 2. The van der Waals surface area contributed by atoms with Crippen LogP contribution in [0.4, 0.5) is 20.8 Å². The number of rotatable bonds is 5. The van der Waals surface area contributed by atoms with E-state index in [0.717, 1.165) is 62.1 Å². The number of fused-ring (bicyclic) bond motifs is 3. The van der Waals surface area contributed by atoms with Gasteiger partial charge in [0.15, 0.2) is 23.9 Å². The summed E-state index contributed by atoms with van der Waals surface area (Å²) < 4.78 is 27.9. The highest BCUT2D eigenvalue weighted by molar-refractivity contribution is 5.76. The molecule has 10 nitrogen and oxygen atoms in total. The van der Waals surface area contributed by atoms with Crippen LogP contribution >= 0.6 is 0 Å². The van der Waals surface area contributed by atoms with Crippen LogP contribution in [0.15, 0.2) is 18.5 Å². The molecular weight excluding hydrogens is 441 g/mol. The molecule has 3 atom stereocenters. The van der Waals surface area contributed by atoms with E-state index >= 15 is 4.39 Å². The second-order valence-electron chi connectivity index (χ2n) is 10.1. The number of alkyl carbamates (subject to hydrolysis) is 1. The molecule has 5 aliphatic rings. The Morgan fingerprint density at radius 3 is 2.97 bits per heavy atom. The number of H-pyrrole nitrogens is 1. The minimum atomic E-state index is -1.49. The van der Waals surface area contributed by atoms with Gasteiger partial charge in [0.25, 0.3) is 0 Å². The van der Waals surface area contributed by atoms with Crippen LogP contribution in [0.1, 0.15) is 55.2 Å². The van der Waals surface area contributed by atoms with E-state index in [2.05, 4.69) is 25.8 Å². The number of carbonyl (C=O) groups excluding carboxylic acids is 1. The Bertz CT molecular complexity index is 1260. The lowest BCUT2D eigenvalue weighted by atomic mass is 9.50. The number of aromatic amines is 1. The number of aromatic nitrogens is 5. The van der Waals surface area contributed by atoms with Gasteiger partial charge in [0.05, 0.1) is 18.0 Å². The highest BCUT2D eigenvalue weighted by atomic mass is 19.1. The van der Waals surface area contributed by atoms with Gasteiger partial charge in [-0.2, -0.15) is 10.2 Å². The fraction of sp³-hybridized carbons (Fsp3) is 0.565. The molecule has 1 aliphatic heterocycles. The van der Waals surface area contributed by atoms with Crippen molar-refractivity contribution in [2.75, 3.05) is 11.9 Å². The summed E-state index contributed by atoms with van der Waals surface area (Å²) in [6.45, 7) is -0.000511. The van der Waals surface area contributed by atoms with Gasteiger partial charge >= 0.3 is 6.09 Å². The number of alkyl halides is 1. The molecule has 1 saturated heterocycles. The van der Waals surface area contributed by atoms with Crippen molar-refractivity contribution < 1.29 is 18.7 Å². The number of aryl methyl sites for hydroxylation is 2. The maximum atomic E-state index is 15.1. The summed E-state index contributed by atoms with van der Waals surface area (Å²) in [5.74, 6) is 1.90. The van der Waals surface area contributed by atoms with E-state index in [1.165, 1.54) is 5.56 Å². The fourth-order valence-corrected chi connectivity index (χ4v) is 5.88. The monoisotopic (exact) mass is 467 g/mol. The Morgan fingerprint density at radius 2 is 2.15 bits per heavy atom. The van der Waals surface area contributed by atoms with Gasteiger partial charge in [-0.3, -0.25) is 5.10 Å². The molecule has 0 aromatic carbocycles. The molecule has 2 bridgehead atoms. The molecule has 4 fully saturated rings. The molecule has 1 amide bonds. The highest BCUT2D eigenvalue weighted by Crippen LogP contribution is 2.57. The minimum Gasteiger partial charge on any atom is -0.441 e. The molecular formula is C23H26FN7O3. The molecule has 3 aromatic heterocycles. The molecule has 0 unspecified atom stereocenters. The third-order valence-corrected chi connectivity index (χ3v) is 7.72. The molecule has 3 N–H and O–H groups in total. The number of halogens is 1. The van der Waals surface area contributed by atoms with Crippen LogP contribution in [0.5, 0.6) is 0 Å². The van der Waals surface area contributed by atoms with Crippen LogP contribution in [-0.4, -0.2) is 55.3 Å². The summed E-state index contributed by atoms with van der Waals surface area (Å²) in [7, 11) is 0. The van der Waals surface area contributed by atoms with Gasteiger partial charge < -0.3 is 20.1 Å². The number of hydrogen-bond acceptors (Lipinski definition) is 7. The van der Waals surface area contributed by atoms with Crippen molar-refractivity contribution in [2.45, 2.75) is 68.9 Å². The first-order valence-electron chi connectivity index (χ1n) is 12.0. The van der Waals surface area contributed by atoms with E-state index in [9.17, 15) is 4.79 Å². The molecule has 8 rings (SSSR count). The molecule has 34 heavy (non-hydrogen) atoms. The van der Waals surface area contributed by atoms with Crippen molar-refractivity contribution >= 4 is 23.2 Å². The van der Waals surface area contributed by atoms with E-state index in [-0.39, 0.29) is 12.1 Å². The Hall–Kier alpha value is -3.21. The van der Waals surface area contributed by atoms with Gasteiger partial charge in [0.1, 0.15) is 11.6 Å². The average Bonchev–Trinajstić information content (AvgIpc) is 3.48. The van der Waals surface area contributed by atoms with Crippen LogP contribution in [0.3, 0.4) is 0 Å². The quantitative estimate of drug-likeness (QED) is 0.528. The Balaban J connectivity index is 1.04. The van der Waals surface area contributed by atoms with Crippen molar-refractivity contribution in [2.24, 2.45) is 5.92 Å². The predicted octanol–water partition coefficient (Wildman–Crippen LogP) is 3.13. The molecule has 0 radical (unpaired) electrons. The maximum absolute atomic E-state index is 15.1. The summed E-state index contributed by atoms with van der Waals surface area (Å²) in [6, 6.07) is 1.70. The van der Waals surface area contributed by atoms with E-state index in [4.69, 9.17) is 14.6 Å². The second-order valence-corrected chi connectivity index (χ2v) is 10.1. The van der Waals surface area contributed by atoms with Crippen LogP contribution < -0.4 is 10.6 Å². The zero-order valence-corrected chi connectivity index (χ0v) is 18.6. The molecule has 4 aliphatic carbocycles. The minimum absolute atomic E-state index is 0.000511. The fourth-order valence-electron chi connectivity index (χ4n) is 5.88. The first-order valence-corrected chi connectivity index (χ1v) is 12.0. The van der Waals surface area contributed by atoms with Gasteiger partial charge in [0, 0.05) is 29.6 Å². The zero-order chi connectivity index (χ0) is 22.9.